The van der Waals surface area contributed by atoms with E-state index >= 15 is 0 Å². The summed E-state index contributed by atoms with van der Waals surface area (Å²) in [6, 6.07) is 1.59. The molecule has 1 aromatic rings. The van der Waals surface area contributed by atoms with Gasteiger partial charge in [0.25, 0.3) is 0 Å². The Hall–Kier alpha value is -1.53. The summed E-state index contributed by atoms with van der Waals surface area (Å²) in [5.41, 5.74) is -3.56. The van der Waals surface area contributed by atoms with Crippen molar-refractivity contribution in [3.05, 3.63) is 34.9 Å². The van der Waals surface area contributed by atoms with Gasteiger partial charge >= 0.3 is 12.4 Å². The maximum Gasteiger partial charge on any atom is 0.416 e. The van der Waals surface area contributed by atoms with Crippen molar-refractivity contribution in [2.45, 2.75) is 50.4 Å². The Balaban J connectivity index is 2.50. The average molecular weight is 324 g/mol. The summed E-state index contributed by atoms with van der Waals surface area (Å²) >= 11 is 0. The maximum atomic E-state index is 12.8. The van der Waals surface area contributed by atoms with Crippen LogP contribution in [0.1, 0.15) is 49.3 Å². The number of Topliss-reactive ketones (excluding diaryl/α,β-unsaturated/α-hetero) is 1. The van der Waals surface area contributed by atoms with E-state index in [1.54, 1.807) is 6.92 Å². The van der Waals surface area contributed by atoms with Gasteiger partial charge in [0, 0.05) is 18.3 Å². The molecule has 0 bridgehead atoms. The minimum absolute atomic E-state index is 0.0118. The molecule has 1 fully saturated rings. The first-order valence-corrected chi connectivity index (χ1v) is 6.79. The second-order valence-electron chi connectivity index (χ2n) is 5.64. The van der Waals surface area contributed by atoms with E-state index in [0.717, 1.165) is 12.1 Å². The van der Waals surface area contributed by atoms with Crippen molar-refractivity contribution in [2.24, 2.45) is 0 Å². The summed E-state index contributed by atoms with van der Waals surface area (Å²) in [6.07, 6.45) is -8.66. The zero-order chi connectivity index (χ0) is 16.8. The Kier molecular flexibility index (Phi) is 4.04. The molecule has 0 saturated heterocycles. The van der Waals surface area contributed by atoms with Crippen molar-refractivity contribution in [1.29, 1.82) is 0 Å². The van der Waals surface area contributed by atoms with E-state index in [2.05, 4.69) is 0 Å². The minimum Gasteiger partial charge on any atom is -0.300 e. The molecule has 0 aliphatic heterocycles. The fourth-order valence-corrected chi connectivity index (χ4v) is 2.48. The van der Waals surface area contributed by atoms with Crippen LogP contribution in [0.2, 0.25) is 0 Å². The molecule has 0 heterocycles. The quantitative estimate of drug-likeness (QED) is 0.702. The van der Waals surface area contributed by atoms with Crippen LogP contribution in [0.5, 0.6) is 0 Å². The van der Waals surface area contributed by atoms with Gasteiger partial charge in [0.1, 0.15) is 5.78 Å². The second-order valence-corrected chi connectivity index (χ2v) is 5.64. The molecular formula is C15H14F6O. The monoisotopic (exact) mass is 324 g/mol. The Labute approximate surface area is 123 Å². The Morgan fingerprint density at radius 2 is 1.45 bits per heavy atom. The Morgan fingerprint density at radius 3 is 1.77 bits per heavy atom. The van der Waals surface area contributed by atoms with E-state index < -0.39 is 28.9 Å². The van der Waals surface area contributed by atoms with Crippen LogP contribution in [0.25, 0.3) is 0 Å². The normalized spacial score (nSPS) is 17.4. The molecular weight excluding hydrogens is 310 g/mol. The zero-order valence-electron chi connectivity index (χ0n) is 11.7. The van der Waals surface area contributed by atoms with Crippen molar-refractivity contribution in [3.8, 4) is 0 Å². The van der Waals surface area contributed by atoms with Crippen LogP contribution >= 0.6 is 0 Å². The molecule has 2 rings (SSSR count). The molecule has 122 valence electrons. The fraction of sp³-hybridized carbons (Fsp3) is 0.533. The van der Waals surface area contributed by atoms with Crippen molar-refractivity contribution in [2.75, 3.05) is 0 Å². The molecule has 1 aliphatic carbocycles. The summed E-state index contributed by atoms with van der Waals surface area (Å²) in [5.74, 6) is -0.163. The van der Waals surface area contributed by atoms with Gasteiger partial charge in [0.05, 0.1) is 11.1 Å². The third kappa shape index (κ3) is 3.44. The molecule has 0 radical (unpaired) electrons. The number of carbonyl (C=O) groups is 1. The summed E-state index contributed by atoms with van der Waals surface area (Å²) in [7, 11) is 0. The Morgan fingerprint density at radius 1 is 1.00 bits per heavy atom. The zero-order valence-corrected chi connectivity index (χ0v) is 11.7. The van der Waals surface area contributed by atoms with E-state index in [9.17, 15) is 31.1 Å². The molecule has 1 aromatic carbocycles. The predicted octanol–water partition coefficient (Wildman–Crippen LogP) is 5.13. The van der Waals surface area contributed by atoms with Crippen LogP contribution in [0.3, 0.4) is 0 Å². The van der Waals surface area contributed by atoms with Gasteiger partial charge in [0.15, 0.2) is 0 Å². The maximum absolute atomic E-state index is 12.8. The first-order chi connectivity index (χ1) is 9.98. The fourth-order valence-electron chi connectivity index (χ4n) is 2.48. The lowest BCUT2D eigenvalue weighted by Crippen LogP contribution is -2.17. The highest BCUT2D eigenvalue weighted by Crippen LogP contribution is 2.53. The molecule has 0 aromatic heterocycles. The molecule has 7 heteroatoms. The topological polar surface area (TPSA) is 17.1 Å². The third-order valence-electron chi connectivity index (χ3n) is 3.98. The summed E-state index contributed by atoms with van der Waals surface area (Å²) in [5, 5.41) is 0. The molecule has 22 heavy (non-hydrogen) atoms. The van der Waals surface area contributed by atoms with Gasteiger partial charge in [-0.25, -0.2) is 0 Å². The van der Waals surface area contributed by atoms with Gasteiger partial charge in [-0.15, -0.1) is 0 Å². The second kappa shape index (κ2) is 5.28. The molecule has 1 nitrogen and oxygen atoms in total. The minimum atomic E-state index is -4.86. The first kappa shape index (κ1) is 16.8. The van der Waals surface area contributed by atoms with Crippen LogP contribution < -0.4 is 0 Å². The lowest BCUT2D eigenvalue weighted by atomic mass is 9.87. The van der Waals surface area contributed by atoms with E-state index in [4.69, 9.17) is 0 Å². The standard InChI is InChI=1S/C15H14F6O/c1-2-12(22)8-13(3-4-13)9-5-10(14(16,17)18)7-11(6-9)15(19,20)21/h5-7H,2-4,8H2,1H3. The van der Waals surface area contributed by atoms with Crippen LogP contribution in [0.15, 0.2) is 18.2 Å². The van der Waals surface area contributed by atoms with E-state index in [1.165, 1.54) is 0 Å². The van der Waals surface area contributed by atoms with Crippen molar-refractivity contribution >= 4 is 5.78 Å². The van der Waals surface area contributed by atoms with E-state index in [-0.39, 0.29) is 30.3 Å². The number of carbonyl (C=O) groups excluding carboxylic acids is 1. The smallest absolute Gasteiger partial charge is 0.300 e. The van der Waals surface area contributed by atoms with Gasteiger partial charge in [0.2, 0.25) is 0 Å². The summed E-state index contributed by atoms with van der Waals surface area (Å²) < 4.78 is 77.0. The number of alkyl halides is 6. The summed E-state index contributed by atoms with van der Waals surface area (Å²) in [4.78, 5) is 11.6. The van der Waals surface area contributed by atoms with E-state index in [0.29, 0.717) is 12.8 Å². The highest BCUT2D eigenvalue weighted by molar-refractivity contribution is 5.80. The highest BCUT2D eigenvalue weighted by atomic mass is 19.4. The molecule has 0 N–H and O–H groups in total. The van der Waals surface area contributed by atoms with Gasteiger partial charge in [-0.1, -0.05) is 6.92 Å². The van der Waals surface area contributed by atoms with Crippen LogP contribution in [0.4, 0.5) is 26.3 Å². The predicted molar refractivity (Wildman–Crippen MR) is 67.3 cm³/mol. The molecule has 1 saturated carbocycles. The van der Waals surface area contributed by atoms with Crippen molar-refractivity contribution in [1.82, 2.24) is 0 Å². The molecule has 0 atom stereocenters. The van der Waals surface area contributed by atoms with Crippen LogP contribution in [0, 0.1) is 0 Å². The largest absolute Gasteiger partial charge is 0.416 e. The molecule has 1 aliphatic rings. The molecule has 0 unspecified atom stereocenters. The van der Waals surface area contributed by atoms with Gasteiger partial charge in [-0.2, -0.15) is 26.3 Å². The highest BCUT2D eigenvalue weighted by Gasteiger charge is 2.47. The van der Waals surface area contributed by atoms with Crippen LogP contribution in [-0.2, 0) is 22.6 Å². The van der Waals surface area contributed by atoms with Crippen molar-refractivity contribution < 1.29 is 31.1 Å². The number of hydrogen-bond acceptors (Lipinski definition) is 1. The first-order valence-electron chi connectivity index (χ1n) is 6.79. The van der Waals surface area contributed by atoms with Gasteiger partial charge in [-0.3, -0.25) is 4.79 Å². The number of rotatable bonds is 4. The number of benzene rings is 1. The number of hydrogen-bond donors (Lipinski definition) is 0. The van der Waals surface area contributed by atoms with E-state index in [1.807, 2.05) is 0 Å². The van der Waals surface area contributed by atoms with Gasteiger partial charge < -0.3 is 0 Å². The third-order valence-corrected chi connectivity index (χ3v) is 3.98. The average Bonchev–Trinajstić information content (AvgIpc) is 3.17. The summed E-state index contributed by atoms with van der Waals surface area (Å²) in [6.45, 7) is 1.62. The SMILES string of the molecule is CCC(=O)CC1(c2cc(C(F)(F)F)cc(C(F)(F)F)c2)CC1. The lowest BCUT2D eigenvalue weighted by molar-refractivity contribution is -0.143. The molecule has 0 amide bonds. The molecule has 0 spiro atoms. The Bertz CT molecular complexity index is 548. The number of ketones is 1. The van der Waals surface area contributed by atoms with Crippen LogP contribution in [-0.4, -0.2) is 5.78 Å². The van der Waals surface area contributed by atoms with Gasteiger partial charge in [-0.05, 0) is 36.6 Å². The number of halogens is 6. The van der Waals surface area contributed by atoms with Crippen molar-refractivity contribution in [3.63, 3.8) is 0 Å². The lowest BCUT2D eigenvalue weighted by Gasteiger charge is -2.19.